The van der Waals surface area contributed by atoms with E-state index in [1.165, 1.54) is 13.8 Å². The monoisotopic (exact) mass is 650 g/mol. The van der Waals surface area contributed by atoms with Gasteiger partial charge < -0.3 is 33.9 Å². The average molecular weight is 651 g/mol. The van der Waals surface area contributed by atoms with Gasteiger partial charge >= 0.3 is 29.8 Å². The number of ether oxygens (including phenoxy) is 5. The van der Waals surface area contributed by atoms with Gasteiger partial charge in [0.25, 0.3) is 0 Å². The quantitative estimate of drug-likeness (QED) is 0.0969. The fraction of sp³-hybridized carbons (Fsp3) is 0.735. The van der Waals surface area contributed by atoms with E-state index in [0.717, 1.165) is 32.6 Å². The van der Waals surface area contributed by atoms with Gasteiger partial charge in [0.2, 0.25) is 0 Å². The summed E-state index contributed by atoms with van der Waals surface area (Å²) in [6.45, 7) is 12.4. The van der Waals surface area contributed by atoms with Crippen molar-refractivity contribution >= 4 is 29.8 Å². The zero-order chi connectivity index (χ0) is 34.6. The minimum absolute atomic E-state index is 0.0234. The third-order valence-corrected chi connectivity index (χ3v) is 9.51. The first kappa shape index (κ1) is 37.2. The molecule has 1 heterocycles. The number of unbranched alkanes of at least 4 members (excludes halogenated alkanes) is 4. The highest BCUT2D eigenvalue weighted by Crippen LogP contribution is 2.57. The van der Waals surface area contributed by atoms with Crippen molar-refractivity contribution in [3.05, 3.63) is 22.8 Å². The van der Waals surface area contributed by atoms with E-state index in [4.69, 9.17) is 23.7 Å². The predicted molar refractivity (Wildman–Crippen MR) is 164 cm³/mol. The van der Waals surface area contributed by atoms with E-state index in [2.05, 4.69) is 6.92 Å². The number of fused-ring (bicyclic) bond motifs is 3. The van der Waals surface area contributed by atoms with Crippen molar-refractivity contribution in [2.45, 2.75) is 154 Å². The van der Waals surface area contributed by atoms with E-state index in [0.29, 0.717) is 12.8 Å². The van der Waals surface area contributed by atoms with Crippen molar-refractivity contribution in [3.63, 3.8) is 0 Å². The second-order valence-electron chi connectivity index (χ2n) is 13.1. The van der Waals surface area contributed by atoms with Gasteiger partial charge in [0, 0.05) is 31.8 Å². The Bertz CT molecular complexity index is 1260. The Balaban J connectivity index is 2.23. The highest BCUT2D eigenvalue weighted by atomic mass is 16.6. The van der Waals surface area contributed by atoms with E-state index in [9.17, 15) is 34.2 Å². The van der Waals surface area contributed by atoms with Gasteiger partial charge in [0.15, 0.2) is 29.5 Å². The molecule has 0 spiro atoms. The summed E-state index contributed by atoms with van der Waals surface area (Å²) in [4.78, 5) is 65.1. The molecule has 3 aliphatic rings. The lowest BCUT2D eigenvalue weighted by molar-refractivity contribution is -0.212. The molecule has 0 aromatic rings. The fourth-order valence-corrected chi connectivity index (χ4v) is 6.90. The van der Waals surface area contributed by atoms with Crippen LogP contribution in [0.15, 0.2) is 22.8 Å². The van der Waals surface area contributed by atoms with Gasteiger partial charge in [-0.2, -0.15) is 0 Å². The van der Waals surface area contributed by atoms with Gasteiger partial charge in [-0.15, -0.1) is 0 Å². The van der Waals surface area contributed by atoms with Crippen LogP contribution in [0.4, 0.5) is 0 Å². The molecule has 258 valence electrons. The van der Waals surface area contributed by atoms with Gasteiger partial charge in [-0.1, -0.05) is 45.6 Å². The molecule has 1 saturated heterocycles. The first-order valence-corrected chi connectivity index (χ1v) is 16.3. The zero-order valence-corrected chi connectivity index (χ0v) is 28.3. The van der Waals surface area contributed by atoms with Gasteiger partial charge in [-0.05, 0) is 58.6 Å². The molecular formula is C34H50O12. The van der Waals surface area contributed by atoms with Crippen LogP contribution in [0.2, 0.25) is 0 Å². The largest absolute Gasteiger partial charge is 0.459 e. The van der Waals surface area contributed by atoms with Gasteiger partial charge in [-0.25, -0.2) is 9.59 Å². The van der Waals surface area contributed by atoms with E-state index in [-0.39, 0.29) is 29.6 Å². The minimum Gasteiger partial charge on any atom is -0.459 e. The van der Waals surface area contributed by atoms with Crippen molar-refractivity contribution in [3.8, 4) is 0 Å². The van der Waals surface area contributed by atoms with Crippen molar-refractivity contribution in [1.82, 2.24) is 0 Å². The normalized spacial score (nSPS) is 33.8. The topological polar surface area (TPSA) is 172 Å². The van der Waals surface area contributed by atoms with Crippen LogP contribution in [-0.4, -0.2) is 81.3 Å². The van der Waals surface area contributed by atoms with Crippen molar-refractivity contribution in [2.24, 2.45) is 5.92 Å². The smallest absolute Gasteiger partial charge is 0.341 e. The summed E-state index contributed by atoms with van der Waals surface area (Å²) >= 11 is 0. The van der Waals surface area contributed by atoms with Crippen molar-refractivity contribution in [2.75, 3.05) is 0 Å². The van der Waals surface area contributed by atoms with Crippen molar-refractivity contribution in [1.29, 1.82) is 0 Å². The Morgan fingerprint density at radius 1 is 0.935 bits per heavy atom. The molecule has 0 aromatic carbocycles. The Kier molecular flexibility index (Phi) is 11.9. The summed E-state index contributed by atoms with van der Waals surface area (Å²) in [6.07, 6.45) is 0.272. The van der Waals surface area contributed by atoms with Crippen LogP contribution in [0.3, 0.4) is 0 Å². The third kappa shape index (κ3) is 7.02. The van der Waals surface area contributed by atoms with Gasteiger partial charge in [0.1, 0.15) is 11.7 Å². The molecule has 2 N–H and O–H groups in total. The van der Waals surface area contributed by atoms with Crippen LogP contribution in [0.1, 0.15) is 113 Å². The maximum atomic E-state index is 13.3. The van der Waals surface area contributed by atoms with E-state index in [1.807, 2.05) is 0 Å². The molecule has 1 aliphatic heterocycles. The molecule has 12 nitrogen and oxygen atoms in total. The lowest BCUT2D eigenvalue weighted by atomic mass is 9.75. The van der Waals surface area contributed by atoms with Crippen LogP contribution >= 0.6 is 0 Å². The number of aliphatic hydroxyl groups is 2. The Morgan fingerprint density at radius 3 is 2.15 bits per heavy atom. The molecule has 0 amide bonds. The minimum atomic E-state index is -2.57. The highest BCUT2D eigenvalue weighted by Gasteiger charge is 2.76. The number of esters is 5. The molecule has 2 aliphatic carbocycles. The van der Waals surface area contributed by atoms with E-state index in [1.54, 1.807) is 33.8 Å². The molecule has 0 radical (unpaired) electrons. The number of hydrogen-bond donors (Lipinski definition) is 2. The zero-order valence-electron chi connectivity index (χ0n) is 28.3. The first-order chi connectivity index (χ1) is 21.5. The SMILES string of the molecule is C/C=C(/C)C(=O)O[C@@H]1C(C)=C2[C@H]3OC(=O)[C@@](C)(O)[C@]3(O)[C@@H](OC(=O)CCC)C[C@@](C)(OC(C)=O)[C@H]2[C@@H]1OC(=O)CCCCCCC. The van der Waals surface area contributed by atoms with Gasteiger partial charge in [0.05, 0.1) is 5.92 Å². The maximum Gasteiger partial charge on any atom is 0.341 e. The molecule has 46 heavy (non-hydrogen) atoms. The number of allylic oxidation sites excluding steroid dienone is 1. The van der Waals surface area contributed by atoms with E-state index >= 15 is 0 Å². The lowest BCUT2D eigenvalue weighted by Gasteiger charge is -2.41. The van der Waals surface area contributed by atoms with Crippen LogP contribution in [0.25, 0.3) is 0 Å². The average Bonchev–Trinajstić information content (AvgIpc) is 3.30. The molecule has 0 unspecified atom stereocenters. The predicted octanol–water partition coefficient (Wildman–Crippen LogP) is 3.93. The Hall–Kier alpha value is -3.25. The summed E-state index contributed by atoms with van der Waals surface area (Å²) in [5.74, 6) is -5.03. The molecule has 2 fully saturated rings. The summed E-state index contributed by atoms with van der Waals surface area (Å²) in [6, 6.07) is 0. The summed E-state index contributed by atoms with van der Waals surface area (Å²) in [5.41, 5.74) is -6.12. The maximum absolute atomic E-state index is 13.3. The summed E-state index contributed by atoms with van der Waals surface area (Å²) < 4.78 is 29.3. The Labute approximate surface area is 270 Å². The number of carbonyl (C=O) groups is 5. The highest BCUT2D eigenvalue weighted by molar-refractivity contribution is 5.88. The standard InChI is InChI=1S/C34H50O12/c1-9-12-13-14-15-17-24(37)43-28-26-25(20(5)27(28)44-30(38)19(4)11-3)29-34(41,33(8,40)31(39)45-29)22(42-23(36)16-10-2)18-32(26,7)46-21(6)35/h11,22,26-29,40-41H,9-10,12-18H2,1-8H3/b19-11-/t22-,26+,27+,28-,29+,32+,33+,34-/m0/s1. The van der Waals surface area contributed by atoms with E-state index < -0.39 is 83.4 Å². The molecule has 0 bridgehead atoms. The third-order valence-electron chi connectivity index (χ3n) is 9.51. The Morgan fingerprint density at radius 2 is 1.57 bits per heavy atom. The second kappa shape index (κ2) is 14.7. The molecule has 8 atom stereocenters. The molecule has 3 rings (SSSR count). The molecule has 12 heteroatoms. The van der Waals surface area contributed by atoms with Crippen LogP contribution < -0.4 is 0 Å². The molecular weight excluding hydrogens is 600 g/mol. The summed E-state index contributed by atoms with van der Waals surface area (Å²) in [7, 11) is 0. The van der Waals surface area contributed by atoms with Crippen molar-refractivity contribution < 1.29 is 57.9 Å². The number of hydrogen-bond acceptors (Lipinski definition) is 12. The number of carbonyl (C=O) groups excluding carboxylic acids is 5. The first-order valence-electron chi connectivity index (χ1n) is 16.3. The van der Waals surface area contributed by atoms with Crippen LogP contribution in [0, 0.1) is 5.92 Å². The van der Waals surface area contributed by atoms with Crippen LogP contribution in [-0.2, 0) is 47.7 Å². The van der Waals surface area contributed by atoms with Gasteiger partial charge in [-0.3, -0.25) is 14.4 Å². The molecule has 0 aromatic heterocycles. The van der Waals surface area contributed by atoms with Crippen LogP contribution in [0.5, 0.6) is 0 Å². The lowest BCUT2D eigenvalue weighted by Crippen LogP contribution is -2.64. The molecule has 1 saturated carbocycles. The fourth-order valence-electron chi connectivity index (χ4n) is 6.90. The summed E-state index contributed by atoms with van der Waals surface area (Å²) in [5, 5.41) is 23.9. The second-order valence-corrected chi connectivity index (χ2v) is 13.1. The number of rotatable bonds is 13.